The Morgan fingerprint density at radius 1 is 1.19 bits per heavy atom. The van der Waals surface area contributed by atoms with Crippen molar-refractivity contribution in [1.29, 1.82) is 0 Å². The summed E-state index contributed by atoms with van der Waals surface area (Å²) >= 11 is 2.02. The van der Waals surface area contributed by atoms with E-state index in [0.717, 1.165) is 43.8 Å². The van der Waals surface area contributed by atoms with E-state index in [-0.39, 0.29) is 29.5 Å². The number of nitrogens with zero attached hydrogens (tertiary/aromatic N) is 2. The molecule has 2 N–H and O–H groups in total. The molecule has 3 fully saturated rings. The summed E-state index contributed by atoms with van der Waals surface area (Å²) in [7, 11) is 1.90. The number of hydrogen-bond donors (Lipinski definition) is 2. The molecule has 0 aromatic rings. The molecule has 0 amide bonds. The summed E-state index contributed by atoms with van der Waals surface area (Å²) in [5, 5.41) is 8.17. The van der Waals surface area contributed by atoms with Crippen LogP contribution in [0.4, 0.5) is 0 Å². The Bertz CT molecular complexity index is 439. The first-order valence-electron chi connectivity index (χ1n) is 10.1. The fourth-order valence-electron chi connectivity index (χ4n) is 4.67. The standard InChI is InChI=1S/C19H36N4OS.HI/c1-20-18(22-16-6-5-7-17(14-16)25-2)21-15-19(8-12-24-13-9-19)23-10-3-4-11-23;/h16-17H,3-15H2,1-2H3,(H2,20,21,22);1H. The number of likely N-dealkylation sites (tertiary alicyclic amines) is 1. The van der Waals surface area contributed by atoms with Gasteiger partial charge in [0.15, 0.2) is 5.96 Å². The molecule has 7 heteroatoms. The van der Waals surface area contributed by atoms with E-state index >= 15 is 0 Å². The van der Waals surface area contributed by atoms with Crippen LogP contribution < -0.4 is 10.6 Å². The average molecular weight is 497 g/mol. The minimum Gasteiger partial charge on any atom is -0.381 e. The van der Waals surface area contributed by atoms with Gasteiger partial charge in [-0.1, -0.05) is 6.42 Å². The molecule has 3 aliphatic rings. The fraction of sp³-hybridized carbons (Fsp3) is 0.947. The summed E-state index contributed by atoms with van der Waals surface area (Å²) in [6.07, 6.45) is 12.4. The highest BCUT2D eigenvalue weighted by Crippen LogP contribution is 2.31. The van der Waals surface area contributed by atoms with E-state index in [2.05, 4.69) is 26.8 Å². The van der Waals surface area contributed by atoms with Gasteiger partial charge in [-0.2, -0.15) is 11.8 Å². The molecule has 0 bridgehead atoms. The second-order valence-electron chi connectivity index (χ2n) is 7.82. The van der Waals surface area contributed by atoms with Crippen LogP contribution in [0.25, 0.3) is 0 Å². The predicted octanol–water partition coefficient (Wildman–Crippen LogP) is 3.09. The molecule has 0 spiro atoms. The number of guanidine groups is 1. The maximum absolute atomic E-state index is 5.66. The van der Waals surface area contributed by atoms with Crippen molar-refractivity contribution in [2.75, 3.05) is 46.2 Å². The van der Waals surface area contributed by atoms with Crippen molar-refractivity contribution >= 4 is 41.7 Å². The van der Waals surface area contributed by atoms with Crippen LogP contribution >= 0.6 is 35.7 Å². The summed E-state index contributed by atoms with van der Waals surface area (Å²) in [6.45, 7) is 5.25. The van der Waals surface area contributed by atoms with Gasteiger partial charge in [-0.3, -0.25) is 9.89 Å². The summed E-state index contributed by atoms with van der Waals surface area (Å²) in [4.78, 5) is 7.22. The van der Waals surface area contributed by atoms with Crippen molar-refractivity contribution in [3.63, 3.8) is 0 Å². The summed E-state index contributed by atoms with van der Waals surface area (Å²) < 4.78 is 5.66. The highest BCUT2D eigenvalue weighted by Gasteiger charge is 2.39. The average Bonchev–Trinajstić information content (AvgIpc) is 3.21. The first-order chi connectivity index (χ1) is 12.3. The fourth-order valence-corrected chi connectivity index (χ4v) is 5.50. The molecule has 0 radical (unpaired) electrons. The lowest BCUT2D eigenvalue weighted by Crippen LogP contribution is -2.59. The van der Waals surface area contributed by atoms with Gasteiger partial charge in [0.25, 0.3) is 0 Å². The highest BCUT2D eigenvalue weighted by molar-refractivity contribution is 14.0. The highest BCUT2D eigenvalue weighted by atomic mass is 127. The maximum atomic E-state index is 5.66. The van der Waals surface area contributed by atoms with Crippen molar-refractivity contribution in [3.8, 4) is 0 Å². The molecule has 2 unspecified atom stereocenters. The molecule has 26 heavy (non-hydrogen) atoms. The Morgan fingerprint density at radius 2 is 1.92 bits per heavy atom. The molecule has 2 saturated heterocycles. The third kappa shape index (κ3) is 5.88. The Kier molecular flexibility index (Phi) is 9.82. The first-order valence-corrected chi connectivity index (χ1v) is 11.4. The van der Waals surface area contributed by atoms with E-state index in [9.17, 15) is 0 Å². The SMILES string of the molecule is CN=C(NCC1(N2CCCC2)CCOCC1)NC1CCCC(SC)C1.I. The van der Waals surface area contributed by atoms with Crippen molar-refractivity contribution in [3.05, 3.63) is 0 Å². The molecule has 152 valence electrons. The van der Waals surface area contributed by atoms with Gasteiger partial charge in [-0.05, 0) is 64.3 Å². The van der Waals surface area contributed by atoms with Gasteiger partial charge < -0.3 is 15.4 Å². The van der Waals surface area contributed by atoms with E-state index < -0.39 is 0 Å². The number of nitrogens with one attached hydrogen (secondary N) is 2. The minimum atomic E-state index is 0. The smallest absolute Gasteiger partial charge is 0.191 e. The number of ether oxygens (including phenoxy) is 1. The number of thioether (sulfide) groups is 1. The quantitative estimate of drug-likeness (QED) is 0.348. The molecular weight excluding hydrogens is 459 g/mol. The first kappa shape index (κ1) is 22.6. The zero-order chi connectivity index (χ0) is 17.5. The van der Waals surface area contributed by atoms with Crippen molar-refractivity contribution in [2.24, 2.45) is 4.99 Å². The Morgan fingerprint density at radius 3 is 2.58 bits per heavy atom. The summed E-state index contributed by atoms with van der Waals surface area (Å²) in [5.74, 6) is 0.983. The van der Waals surface area contributed by atoms with Gasteiger partial charge in [-0.15, -0.1) is 24.0 Å². The van der Waals surface area contributed by atoms with Crippen LogP contribution in [0.5, 0.6) is 0 Å². The van der Waals surface area contributed by atoms with E-state index in [0.29, 0.717) is 6.04 Å². The molecular formula is C19H37IN4OS. The molecule has 1 saturated carbocycles. The third-order valence-electron chi connectivity index (χ3n) is 6.31. The van der Waals surface area contributed by atoms with Gasteiger partial charge in [0.05, 0.1) is 0 Å². The maximum Gasteiger partial charge on any atom is 0.191 e. The second-order valence-corrected chi connectivity index (χ2v) is 8.96. The second kappa shape index (κ2) is 11.3. The van der Waals surface area contributed by atoms with Gasteiger partial charge in [0.1, 0.15) is 0 Å². The zero-order valence-electron chi connectivity index (χ0n) is 16.5. The number of hydrogen-bond acceptors (Lipinski definition) is 4. The van der Waals surface area contributed by atoms with Crippen molar-refractivity contribution < 1.29 is 4.74 Å². The molecule has 2 atom stereocenters. The molecule has 3 rings (SSSR count). The van der Waals surface area contributed by atoms with Gasteiger partial charge in [0, 0.05) is 43.6 Å². The van der Waals surface area contributed by atoms with E-state index in [4.69, 9.17) is 4.74 Å². The van der Waals surface area contributed by atoms with Gasteiger partial charge in [0.2, 0.25) is 0 Å². The Labute approximate surface area is 180 Å². The van der Waals surface area contributed by atoms with Gasteiger partial charge >= 0.3 is 0 Å². The van der Waals surface area contributed by atoms with Crippen LogP contribution in [0.2, 0.25) is 0 Å². The number of halogens is 1. The molecule has 0 aromatic heterocycles. The third-order valence-corrected chi connectivity index (χ3v) is 7.40. The van der Waals surface area contributed by atoms with E-state index in [1.807, 2.05) is 18.8 Å². The summed E-state index contributed by atoms with van der Waals surface area (Å²) in [6, 6.07) is 0.565. The minimum absolute atomic E-state index is 0. The topological polar surface area (TPSA) is 48.9 Å². The monoisotopic (exact) mass is 496 g/mol. The summed E-state index contributed by atoms with van der Waals surface area (Å²) in [5.41, 5.74) is 0.251. The largest absolute Gasteiger partial charge is 0.381 e. The lowest BCUT2D eigenvalue weighted by molar-refractivity contribution is -0.0164. The van der Waals surface area contributed by atoms with E-state index in [1.54, 1.807) is 0 Å². The van der Waals surface area contributed by atoms with Crippen LogP contribution in [0.1, 0.15) is 51.4 Å². The van der Waals surface area contributed by atoms with Crippen LogP contribution in [-0.4, -0.2) is 73.8 Å². The molecule has 5 nitrogen and oxygen atoms in total. The Balaban J connectivity index is 0.00000243. The lowest BCUT2D eigenvalue weighted by atomic mass is 9.88. The Hall–Kier alpha value is 0.270. The van der Waals surface area contributed by atoms with Crippen LogP contribution in [-0.2, 0) is 4.74 Å². The van der Waals surface area contributed by atoms with Gasteiger partial charge in [-0.25, -0.2) is 0 Å². The lowest BCUT2D eigenvalue weighted by Gasteiger charge is -2.45. The number of aliphatic imine (C=N–C) groups is 1. The van der Waals surface area contributed by atoms with E-state index in [1.165, 1.54) is 51.6 Å². The molecule has 0 aromatic carbocycles. The van der Waals surface area contributed by atoms with Crippen LogP contribution in [0.3, 0.4) is 0 Å². The normalized spacial score (nSPS) is 29.8. The van der Waals surface area contributed by atoms with Crippen molar-refractivity contribution in [1.82, 2.24) is 15.5 Å². The molecule has 2 heterocycles. The van der Waals surface area contributed by atoms with Crippen LogP contribution in [0.15, 0.2) is 4.99 Å². The number of rotatable bonds is 5. The molecule has 2 aliphatic heterocycles. The predicted molar refractivity (Wildman–Crippen MR) is 123 cm³/mol. The zero-order valence-corrected chi connectivity index (χ0v) is 19.6. The van der Waals surface area contributed by atoms with Crippen molar-refractivity contribution in [2.45, 2.75) is 68.2 Å². The molecule has 1 aliphatic carbocycles. The van der Waals surface area contributed by atoms with Crippen LogP contribution in [0, 0.1) is 0 Å².